The summed E-state index contributed by atoms with van der Waals surface area (Å²) in [6, 6.07) is 6.37. The van der Waals surface area contributed by atoms with E-state index in [1.807, 2.05) is 0 Å². The highest BCUT2D eigenvalue weighted by Crippen LogP contribution is 2.33. The number of halogens is 6. The predicted molar refractivity (Wildman–Crippen MR) is 107 cm³/mol. The van der Waals surface area contributed by atoms with Crippen LogP contribution in [0.4, 0.5) is 31.1 Å². The first-order valence-electron chi connectivity index (χ1n) is 9.61. The second kappa shape index (κ2) is 9.62. The summed E-state index contributed by atoms with van der Waals surface area (Å²) < 4.78 is 107. The third-order valence-corrected chi connectivity index (χ3v) is 6.57. The molecule has 0 spiro atoms. The van der Waals surface area contributed by atoms with E-state index in [1.165, 1.54) is 24.4 Å². The van der Waals surface area contributed by atoms with E-state index in [4.69, 9.17) is 4.74 Å². The zero-order valence-corrected chi connectivity index (χ0v) is 18.0. The zero-order valence-electron chi connectivity index (χ0n) is 17.2. The third-order valence-electron chi connectivity index (χ3n) is 4.71. The maximum absolute atomic E-state index is 13.0. The van der Waals surface area contributed by atoms with Gasteiger partial charge in [-0.25, -0.2) is 18.2 Å². The Morgan fingerprint density at radius 1 is 1.12 bits per heavy atom. The number of carbonyl (C=O) groups excluding carboxylic acids is 1. The normalized spacial score (nSPS) is 15.5. The van der Waals surface area contributed by atoms with Crippen molar-refractivity contribution in [1.82, 2.24) is 14.6 Å². The molecule has 0 radical (unpaired) electrons. The van der Waals surface area contributed by atoms with Gasteiger partial charge in [-0.3, -0.25) is 0 Å². The van der Waals surface area contributed by atoms with Gasteiger partial charge in [0.2, 0.25) is 15.9 Å². The molecule has 1 aliphatic rings. The Morgan fingerprint density at radius 2 is 1.85 bits per heavy atom. The van der Waals surface area contributed by atoms with Gasteiger partial charge >= 0.3 is 18.4 Å². The van der Waals surface area contributed by atoms with Gasteiger partial charge in [-0.15, -0.1) is 0 Å². The molecular formula is C20H17F6N3O4S. The van der Waals surface area contributed by atoms with E-state index in [1.54, 1.807) is 5.32 Å². The topological polar surface area (TPSA) is 88.6 Å². The Labute approximate surface area is 190 Å². The Kier molecular flexibility index (Phi) is 7.21. The number of hydrogen-bond acceptors (Lipinski definition) is 5. The van der Waals surface area contributed by atoms with Crippen LogP contribution in [0.25, 0.3) is 5.57 Å². The van der Waals surface area contributed by atoms with E-state index in [9.17, 15) is 39.6 Å². The minimum atomic E-state index is -4.70. The van der Waals surface area contributed by atoms with E-state index in [-0.39, 0.29) is 31.0 Å². The average molecular weight is 509 g/mol. The van der Waals surface area contributed by atoms with Crippen LogP contribution in [0.1, 0.15) is 17.5 Å². The molecule has 0 aliphatic carbocycles. The largest absolute Gasteiger partial charge is 0.416 e. The number of alkyl halides is 6. The van der Waals surface area contributed by atoms with E-state index in [0.717, 1.165) is 22.5 Å². The number of carbonyl (C=O) groups is 1. The first kappa shape index (κ1) is 25.5. The molecular weight excluding hydrogens is 492 g/mol. The monoisotopic (exact) mass is 509 g/mol. The molecule has 1 aliphatic heterocycles. The number of nitrogens with one attached hydrogen (secondary N) is 1. The summed E-state index contributed by atoms with van der Waals surface area (Å²) in [5.41, 5.74) is -0.328. The van der Waals surface area contributed by atoms with E-state index in [0.29, 0.717) is 11.6 Å². The molecule has 0 atom stereocenters. The summed E-state index contributed by atoms with van der Waals surface area (Å²) in [6.45, 7) is -1.89. The molecule has 7 nitrogen and oxygen atoms in total. The Morgan fingerprint density at radius 3 is 2.47 bits per heavy atom. The van der Waals surface area contributed by atoms with Crippen LogP contribution >= 0.6 is 0 Å². The fourth-order valence-corrected chi connectivity index (χ4v) is 4.54. The highest BCUT2D eigenvalue weighted by atomic mass is 32.2. The van der Waals surface area contributed by atoms with E-state index < -0.39 is 45.5 Å². The van der Waals surface area contributed by atoms with Crippen molar-refractivity contribution in [1.29, 1.82) is 0 Å². The third kappa shape index (κ3) is 6.26. The second-order valence-corrected chi connectivity index (χ2v) is 9.02. The molecule has 34 heavy (non-hydrogen) atoms. The van der Waals surface area contributed by atoms with Gasteiger partial charge in [-0.2, -0.15) is 30.6 Å². The van der Waals surface area contributed by atoms with Gasteiger partial charge < -0.3 is 10.1 Å². The van der Waals surface area contributed by atoms with Gasteiger partial charge in [0, 0.05) is 24.8 Å². The first-order chi connectivity index (χ1) is 15.8. The Hall–Kier alpha value is -3.13. The van der Waals surface area contributed by atoms with Crippen LogP contribution in [-0.2, 0) is 16.2 Å². The minimum Gasteiger partial charge on any atom is -0.391 e. The Bertz CT molecular complexity index is 1200. The van der Waals surface area contributed by atoms with Crippen LogP contribution in [0.5, 0.6) is 5.88 Å². The summed E-state index contributed by atoms with van der Waals surface area (Å²) in [7, 11) is -4.23. The summed E-state index contributed by atoms with van der Waals surface area (Å²) in [6.07, 6.45) is -7.90. The van der Waals surface area contributed by atoms with Crippen LogP contribution in [0.3, 0.4) is 0 Å². The van der Waals surface area contributed by atoms with E-state index >= 15 is 0 Å². The van der Waals surface area contributed by atoms with Gasteiger partial charge in [-0.1, -0.05) is 12.1 Å². The van der Waals surface area contributed by atoms with Crippen molar-refractivity contribution < 1.29 is 44.3 Å². The van der Waals surface area contributed by atoms with Crippen LogP contribution < -0.4 is 10.1 Å². The van der Waals surface area contributed by atoms with Crippen molar-refractivity contribution in [3.05, 3.63) is 59.8 Å². The van der Waals surface area contributed by atoms with Crippen molar-refractivity contribution in [3.8, 4) is 5.88 Å². The van der Waals surface area contributed by atoms with Crippen molar-refractivity contribution in [2.45, 2.75) is 23.7 Å². The van der Waals surface area contributed by atoms with Gasteiger partial charge in [0.1, 0.15) is 6.54 Å². The van der Waals surface area contributed by atoms with Crippen LogP contribution in [0, 0.1) is 0 Å². The molecule has 14 heteroatoms. The van der Waals surface area contributed by atoms with Crippen LogP contribution in [0.15, 0.2) is 53.6 Å². The lowest BCUT2D eigenvalue weighted by atomic mass is 10.0. The van der Waals surface area contributed by atoms with Gasteiger partial charge in [0.15, 0.2) is 0 Å². The minimum absolute atomic E-state index is 0.0877. The molecule has 0 fully saturated rings. The lowest BCUT2D eigenvalue weighted by Gasteiger charge is -2.26. The zero-order chi connectivity index (χ0) is 25.1. The standard InChI is InChI=1S/C20H17F6N3O4S/c21-19(22,23)12-28-18(30)33-17-16(5-2-8-27-17)13-6-9-29(10-7-13)34(31,32)15-4-1-3-14(11-15)20(24,25)26/h1-6,8,11H,7,9-10,12H2,(H,28,30). The average Bonchev–Trinajstić information content (AvgIpc) is 2.77. The summed E-state index contributed by atoms with van der Waals surface area (Å²) in [5.74, 6) is -0.275. The maximum Gasteiger partial charge on any atom is 0.416 e. The van der Waals surface area contributed by atoms with Crippen LogP contribution in [-0.4, -0.2) is 49.6 Å². The molecule has 0 saturated carbocycles. The van der Waals surface area contributed by atoms with Crippen LogP contribution in [0.2, 0.25) is 0 Å². The maximum atomic E-state index is 13.0. The highest BCUT2D eigenvalue weighted by Gasteiger charge is 2.34. The number of hydrogen-bond donors (Lipinski definition) is 1. The summed E-state index contributed by atoms with van der Waals surface area (Å²) >= 11 is 0. The van der Waals surface area contributed by atoms with E-state index in [2.05, 4.69) is 4.98 Å². The predicted octanol–water partition coefficient (Wildman–Crippen LogP) is 4.23. The number of sulfonamides is 1. The number of aromatic nitrogens is 1. The molecule has 2 heterocycles. The quantitative estimate of drug-likeness (QED) is 0.610. The second-order valence-electron chi connectivity index (χ2n) is 7.08. The molecule has 0 bridgehead atoms. The molecule has 184 valence electrons. The van der Waals surface area contributed by atoms with Crippen molar-refractivity contribution in [2.75, 3.05) is 19.6 Å². The SMILES string of the molecule is O=C(NCC(F)(F)F)Oc1ncccc1C1=CCN(S(=O)(=O)c2cccc(C(F)(F)F)c2)CC1. The smallest absolute Gasteiger partial charge is 0.391 e. The summed E-state index contributed by atoms with van der Waals surface area (Å²) in [5, 5.41) is 1.55. The fraction of sp³-hybridized carbons (Fsp3) is 0.300. The van der Waals surface area contributed by atoms with Crippen molar-refractivity contribution in [3.63, 3.8) is 0 Å². The molecule has 3 rings (SSSR count). The molecule has 1 amide bonds. The van der Waals surface area contributed by atoms with Crippen molar-refractivity contribution >= 4 is 21.7 Å². The number of amides is 1. The number of ether oxygens (including phenoxy) is 1. The Balaban J connectivity index is 1.76. The lowest BCUT2D eigenvalue weighted by molar-refractivity contribution is -0.137. The van der Waals surface area contributed by atoms with Gasteiger partial charge in [-0.05, 0) is 42.3 Å². The molecule has 1 aromatic carbocycles. The number of rotatable bonds is 5. The summed E-state index contributed by atoms with van der Waals surface area (Å²) in [4.78, 5) is 15.0. The number of nitrogens with zero attached hydrogens (tertiary/aromatic N) is 2. The molecule has 1 N–H and O–H groups in total. The van der Waals surface area contributed by atoms with Crippen molar-refractivity contribution in [2.24, 2.45) is 0 Å². The number of pyridine rings is 1. The molecule has 1 aromatic heterocycles. The fourth-order valence-electron chi connectivity index (χ4n) is 3.11. The molecule has 0 unspecified atom stereocenters. The van der Waals surface area contributed by atoms with Gasteiger partial charge in [0.05, 0.1) is 10.5 Å². The first-order valence-corrected chi connectivity index (χ1v) is 11.1. The molecule has 0 saturated heterocycles. The van der Waals surface area contributed by atoms with Gasteiger partial charge in [0.25, 0.3) is 0 Å². The lowest BCUT2D eigenvalue weighted by Crippen LogP contribution is -2.36. The molecule has 2 aromatic rings. The number of benzene rings is 1. The highest BCUT2D eigenvalue weighted by molar-refractivity contribution is 7.89.